The number of ether oxygens (including phenoxy) is 2. The van der Waals surface area contributed by atoms with Gasteiger partial charge < -0.3 is 19.9 Å². The third kappa shape index (κ3) is 5.32. The van der Waals surface area contributed by atoms with Gasteiger partial charge in [-0.25, -0.2) is 4.79 Å². The molecule has 9 heteroatoms. The number of benzene rings is 2. The SMILES string of the molecule is CCOc1cccc(C(=O)NC(=S)Nc2cc(C(=O)O)cc(Cl)c2OC)c1. The van der Waals surface area contributed by atoms with Crippen LogP contribution in [0.3, 0.4) is 0 Å². The molecular formula is C18H17ClN2O5S. The fraction of sp³-hybridized carbons (Fsp3) is 0.167. The molecule has 0 aromatic heterocycles. The second-order valence-electron chi connectivity index (χ2n) is 5.21. The number of aromatic carboxylic acids is 1. The molecule has 0 spiro atoms. The molecule has 2 aromatic rings. The number of thiocarbonyl (C=S) groups is 1. The molecule has 1 amide bonds. The van der Waals surface area contributed by atoms with Crippen LogP contribution in [0.1, 0.15) is 27.6 Å². The molecule has 3 N–H and O–H groups in total. The molecule has 0 radical (unpaired) electrons. The summed E-state index contributed by atoms with van der Waals surface area (Å²) < 4.78 is 10.5. The minimum atomic E-state index is -1.16. The summed E-state index contributed by atoms with van der Waals surface area (Å²) in [7, 11) is 1.38. The van der Waals surface area contributed by atoms with Crippen LogP contribution in [-0.2, 0) is 0 Å². The van der Waals surface area contributed by atoms with Crippen LogP contribution in [0.5, 0.6) is 11.5 Å². The predicted octanol–water partition coefficient (Wildman–Crippen LogP) is 3.57. The molecule has 0 unspecified atom stereocenters. The largest absolute Gasteiger partial charge is 0.494 e. The van der Waals surface area contributed by atoms with Crippen molar-refractivity contribution in [2.45, 2.75) is 6.92 Å². The molecular weight excluding hydrogens is 392 g/mol. The monoisotopic (exact) mass is 408 g/mol. The van der Waals surface area contributed by atoms with Crippen LogP contribution in [0.4, 0.5) is 5.69 Å². The number of nitrogens with one attached hydrogen (secondary N) is 2. The lowest BCUT2D eigenvalue weighted by Crippen LogP contribution is -2.34. The number of methoxy groups -OCH3 is 1. The van der Waals surface area contributed by atoms with Crippen LogP contribution < -0.4 is 20.1 Å². The molecule has 27 heavy (non-hydrogen) atoms. The van der Waals surface area contributed by atoms with Gasteiger partial charge in [-0.15, -0.1) is 0 Å². The van der Waals surface area contributed by atoms with E-state index in [0.29, 0.717) is 17.9 Å². The first-order chi connectivity index (χ1) is 12.8. The normalized spacial score (nSPS) is 10.0. The third-order valence-electron chi connectivity index (χ3n) is 3.38. The molecule has 0 aliphatic rings. The van der Waals surface area contributed by atoms with E-state index in [9.17, 15) is 9.59 Å². The van der Waals surface area contributed by atoms with E-state index in [2.05, 4.69) is 10.6 Å². The second-order valence-corrected chi connectivity index (χ2v) is 6.03. The number of amides is 1. The Morgan fingerprint density at radius 2 is 1.96 bits per heavy atom. The Labute approximate surface area is 166 Å². The van der Waals surface area contributed by atoms with Crippen molar-refractivity contribution in [2.75, 3.05) is 19.0 Å². The van der Waals surface area contributed by atoms with E-state index in [1.807, 2.05) is 6.92 Å². The smallest absolute Gasteiger partial charge is 0.335 e. The summed E-state index contributed by atoms with van der Waals surface area (Å²) in [6, 6.07) is 9.19. The summed E-state index contributed by atoms with van der Waals surface area (Å²) in [6.45, 7) is 2.32. The van der Waals surface area contributed by atoms with Gasteiger partial charge in [-0.2, -0.15) is 0 Å². The molecule has 0 heterocycles. The second kappa shape index (κ2) is 9.20. The number of carboxylic acid groups (broad SMARTS) is 1. The first-order valence-electron chi connectivity index (χ1n) is 7.81. The highest BCUT2D eigenvalue weighted by Gasteiger charge is 2.16. The Balaban J connectivity index is 2.16. The standard InChI is InChI=1S/C18H17ClN2O5S/c1-3-26-12-6-4-5-10(7-12)16(22)21-18(27)20-14-9-11(17(23)24)8-13(19)15(14)25-2/h4-9H,3H2,1-2H3,(H,23,24)(H2,20,21,22,27). The average Bonchev–Trinajstić information content (AvgIpc) is 2.61. The van der Waals surface area contributed by atoms with Crippen molar-refractivity contribution in [3.05, 3.63) is 52.5 Å². The summed E-state index contributed by atoms with van der Waals surface area (Å²) in [5.74, 6) is -0.845. The Bertz CT molecular complexity index is 888. The fourth-order valence-electron chi connectivity index (χ4n) is 2.24. The first-order valence-corrected chi connectivity index (χ1v) is 8.60. The first kappa shape index (κ1) is 20.5. The maximum atomic E-state index is 12.4. The molecule has 2 aromatic carbocycles. The van der Waals surface area contributed by atoms with Gasteiger partial charge in [0.15, 0.2) is 10.9 Å². The number of carboxylic acids is 1. The number of hydrogen-bond acceptors (Lipinski definition) is 5. The van der Waals surface area contributed by atoms with E-state index in [1.54, 1.807) is 24.3 Å². The highest BCUT2D eigenvalue weighted by Crippen LogP contribution is 2.34. The fourth-order valence-corrected chi connectivity index (χ4v) is 2.74. The minimum Gasteiger partial charge on any atom is -0.494 e. The van der Waals surface area contributed by atoms with Gasteiger partial charge in [0.25, 0.3) is 5.91 Å². The molecule has 0 aliphatic carbocycles. The topological polar surface area (TPSA) is 96.9 Å². The number of rotatable bonds is 6. The van der Waals surface area contributed by atoms with E-state index in [-0.39, 0.29) is 27.1 Å². The molecule has 0 atom stereocenters. The van der Waals surface area contributed by atoms with E-state index < -0.39 is 11.9 Å². The molecule has 0 bridgehead atoms. The summed E-state index contributed by atoms with van der Waals surface area (Å²) >= 11 is 11.2. The van der Waals surface area contributed by atoms with Crippen molar-refractivity contribution in [1.29, 1.82) is 0 Å². The van der Waals surface area contributed by atoms with Gasteiger partial charge in [-0.1, -0.05) is 17.7 Å². The number of anilines is 1. The zero-order valence-corrected chi connectivity index (χ0v) is 16.1. The number of carbonyl (C=O) groups excluding carboxylic acids is 1. The summed E-state index contributed by atoms with van der Waals surface area (Å²) in [5.41, 5.74) is 0.520. The quantitative estimate of drug-likeness (QED) is 0.628. The van der Waals surface area contributed by atoms with Crippen LogP contribution in [0, 0.1) is 0 Å². The predicted molar refractivity (Wildman–Crippen MR) is 106 cm³/mol. The van der Waals surface area contributed by atoms with E-state index in [0.717, 1.165) is 0 Å². The molecule has 142 valence electrons. The summed E-state index contributed by atoms with van der Waals surface area (Å²) in [5, 5.41) is 14.5. The van der Waals surface area contributed by atoms with Gasteiger partial charge in [0.2, 0.25) is 0 Å². The zero-order chi connectivity index (χ0) is 20.0. The third-order valence-corrected chi connectivity index (χ3v) is 3.86. The van der Waals surface area contributed by atoms with E-state index in [4.69, 9.17) is 38.4 Å². The van der Waals surface area contributed by atoms with Crippen LogP contribution in [0.15, 0.2) is 36.4 Å². The van der Waals surface area contributed by atoms with Crippen LogP contribution in [0.2, 0.25) is 5.02 Å². The maximum Gasteiger partial charge on any atom is 0.335 e. The van der Waals surface area contributed by atoms with E-state index >= 15 is 0 Å². The van der Waals surface area contributed by atoms with Gasteiger partial charge in [0.1, 0.15) is 5.75 Å². The van der Waals surface area contributed by atoms with Crippen LogP contribution in [-0.4, -0.2) is 35.8 Å². The molecule has 0 saturated heterocycles. The lowest BCUT2D eigenvalue weighted by molar-refractivity contribution is 0.0696. The summed E-state index contributed by atoms with van der Waals surface area (Å²) in [4.78, 5) is 23.5. The van der Waals surface area contributed by atoms with Gasteiger partial charge in [0, 0.05) is 5.56 Å². The van der Waals surface area contributed by atoms with Gasteiger partial charge in [-0.3, -0.25) is 10.1 Å². The number of halogens is 1. The number of carbonyl (C=O) groups is 2. The molecule has 0 fully saturated rings. The maximum absolute atomic E-state index is 12.4. The van der Waals surface area contributed by atoms with Crippen molar-refractivity contribution in [3.8, 4) is 11.5 Å². The lowest BCUT2D eigenvalue weighted by Gasteiger charge is -2.15. The van der Waals surface area contributed by atoms with Crippen molar-refractivity contribution >= 4 is 46.5 Å². The lowest BCUT2D eigenvalue weighted by atomic mass is 10.2. The Kier molecular flexibility index (Phi) is 6.98. The van der Waals surface area contributed by atoms with Crippen molar-refractivity contribution in [2.24, 2.45) is 0 Å². The van der Waals surface area contributed by atoms with Crippen molar-refractivity contribution in [1.82, 2.24) is 5.32 Å². The van der Waals surface area contributed by atoms with Crippen molar-refractivity contribution < 1.29 is 24.2 Å². The highest BCUT2D eigenvalue weighted by atomic mass is 35.5. The summed E-state index contributed by atoms with van der Waals surface area (Å²) in [6.07, 6.45) is 0. The minimum absolute atomic E-state index is 0.0429. The zero-order valence-electron chi connectivity index (χ0n) is 14.5. The van der Waals surface area contributed by atoms with Crippen molar-refractivity contribution in [3.63, 3.8) is 0 Å². The van der Waals surface area contributed by atoms with Gasteiger partial charge in [-0.05, 0) is 49.5 Å². The molecule has 2 rings (SSSR count). The molecule has 0 saturated carbocycles. The van der Waals surface area contributed by atoms with Crippen LogP contribution >= 0.6 is 23.8 Å². The Morgan fingerprint density at radius 3 is 2.59 bits per heavy atom. The molecule has 0 aliphatic heterocycles. The van der Waals surface area contributed by atoms with Gasteiger partial charge >= 0.3 is 5.97 Å². The highest BCUT2D eigenvalue weighted by molar-refractivity contribution is 7.80. The van der Waals surface area contributed by atoms with Crippen LogP contribution in [0.25, 0.3) is 0 Å². The Hall–Kier alpha value is -2.84. The average molecular weight is 409 g/mol. The van der Waals surface area contributed by atoms with E-state index in [1.165, 1.54) is 19.2 Å². The Morgan fingerprint density at radius 1 is 1.22 bits per heavy atom. The van der Waals surface area contributed by atoms with Gasteiger partial charge in [0.05, 0.1) is 30.0 Å². The molecule has 7 nitrogen and oxygen atoms in total. The number of hydrogen-bond donors (Lipinski definition) is 3.